The van der Waals surface area contributed by atoms with Gasteiger partial charge in [-0.05, 0) is 52.1 Å². The molecule has 1 N–H and O–H groups in total. The molecule has 7 heteroatoms. The van der Waals surface area contributed by atoms with Crippen LogP contribution >= 0.6 is 0 Å². The van der Waals surface area contributed by atoms with E-state index in [2.05, 4.69) is 11.8 Å². The van der Waals surface area contributed by atoms with Gasteiger partial charge in [0.2, 0.25) is 10.0 Å². The lowest BCUT2D eigenvalue weighted by Gasteiger charge is -2.37. The molecule has 0 radical (unpaired) electrons. The SMILES string of the molecule is C[C@@H]1CN([C@H](C)CO)S(=O)(=O)c2ccc(C#CC3CCCCC3)cc2O[C@H]1CN(C)C. The van der Waals surface area contributed by atoms with Crippen LogP contribution < -0.4 is 4.74 Å². The minimum absolute atomic E-state index is 0.0451. The van der Waals surface area contributed by atoms with E-state index < -0.39 is 16.1 Å². The van der Waals surface area contributed by atoms with Crippen molar-refractivity contribution < 1.29 is 18.3 Å². The van der Waals surface area contributed by atoms with Gasteiger partial charge in [0, 0.05) is 36.5 Å². The Labute approximate surface area is 187 Å². The van der Waals surface area contributed by atoms with Gasteiger partial charge in [0.1, 0.15) is 16.7 Å². The average molecular weight is 449 g/mol. The summed E-state index contributed by atoms with van der Waals surface area (Å²) in [6, 6.07) is 4.63. The quantitative estimate of drug-likeness (QED) is 0.717. The predicted molar refractivity (Wildman–Crippen MR) is 122 cm³/mol. The van der Waals surface area contributed by atoms with Crippen LogP contribution in [0.15, 0.2) is 23.1 Å². The number of nitrogens with zero attached hydrogens (tertiary/aromatic N) is 2. The van der Waals surface area contributed by atoms with Crippen molar-refractivity contribution in [2.45, 2.75) is 63.0 Å². The highest BCUT2D eigenvalue weighted by Gasteiger charge is 2.37. The lowest BCUT2D eigenvalue weighted by molar-refractivity contribution is 0.0812. The molecule has 1 heterocycles. The van der Waals surface area contributed by atoms with E-state index in [1.807, 2.05) is 25.9 Å². The summed E-state index contributed by atoms with van der Waals surface area (Å²) in [6.07, 6.45) is 5.84. The second-order valence-corrected chi connectivity index (χ2v) is 11.1. The molecule has 0 aromatic heterocycles. The molecule has 1 fully saturated rings. The Morgan fingerprint density at radius 1 is 1.26 bits per heavy atom. The van der Waals surface area contributed by atoms with E-state index in [0.717, 1.165) is 18.4 Å². The van der Waals surface area contributed by atoms with Crippen molar-refractivity contribution in [1.29, 1.82) is 0 Å². The topological polar surface area (TPSA) is 70.1 Å². The summed E-state index contributed by atoms with van der Waals surface area (Å²) < 4.78 is 34.6. The number of aliphatic hydroxyl groups excluding tert-OH is 1. The zero-order chi connectivity index (χ0) is 22.6. The highest BCUT2D eigenvalue weighted by atomic mass is 32.2. The zero-order valence-corrected chi connectivity index (χ0v) is 20.0. The van der Waals surface area contributed by atoms with Gasteiger partial charge in [-0.3, -0.25) is 0 Å². The van der Waals surface area contributed by atoms with Gasteiger partial charge in [-0.2, -0.15) is 4.31 Å². The summed E-state index contributed by atoms with van der Waals surface area (Å²) in [5.74, 6) is 7.35. The molecule has 1 aromatic rings. The van der Waals surface area contributed by atoms with Gasteiger partial charge in [0.15, 0.2) is 0 Å². The van der Waals surface area contributed by atoms with Crippen molar-refractivity contribution in [3.05, 3.63) is 23.8 Å². The van der Waals surface area contributed by atoms with Crippen molar-refractivity contribution in [1.82, 2.24) is 9.21 Å². The molecule has 0 saturated heterocycles. The summed E-state index contributed by atoms with van der Waals surface area (Å²) in [6.45, 7) is 4.46. The molecule has 0 amide bonds. The summed E-state index contributed by atoms with van der Waals surface area (Å²) in [5.41, 5.74) is 0.776. The molecule has 2 aliphatic rings. The molecule has 0 bridgehead atoms. The molecule has 0 spiro atoms. The first-order valence-electron chi connectivity index (χ1n) is 11.3. The molecule has 0 unspecified atom stereocenters. The number of ether oxygens (including phenoxy) is 1. The fourth-order valence-corrected chi connectivity index (χ4v) is 6.14. The zero-order valence-electron chi connectivity index (χ0n) is 19.2. The Kier molecular flexibility index (Phi) is 8.03. The third-order valence-corrected chi connectivity index (χ3v) is 8.26. The van der Waals surface area contributed by atoms with Crippen LogP contribution in [0.3, 0.4) is 0 Å². The summed E-state index contributed by atoms with van der Waals surface area (Å²) >= 11 is 0. The fourth-order valence-electron chi connectivity index (χ4n) is 4.31. The number of sulfonamides is 1. The van der Waals surface area contributed by atoms with Crippen LogP contribution in [-0.4, -0.2) is 68.7 Å². The third kappa shape index (κ3) is 5.81. The van der Waals surface area contributed by atoms with Gasteiger partial charge in [0.25, 0.3) is 0 Å². The first-order chi connectivity index (χ1) is 14.7. The van der Waals surface area contributed by atoms with E-state index >= 15 is 0 Å². The van der Waals surface area contributed by atoms with Gasteiger partial charge in [0.05, 0.1) is 6.61 Å². The molecule has 1 aromatic carbocycles. The molecule has 1 aliphatic heterocycles. The number of benzene rings is 1. The standard InChI is InChI=1S/C24H36N2O4S/c1-18-15-26(19(2)17-27)31(28,29)24-13-12-21(11-10-20-8-6-5-7-9-20)14-22(24)30-23(18)16-25(3)4/h12-14,18-20,23,27H,5-9,15-17H2,1-4H3/t18-,19-,23+/m1/s1. The maximum absolute atomic E-state index is 13.5. The number of hydrogen-bond acceptors (Lipinski definition) is 5. The van der Waals surface area contributed by atoms with Crippen molar-refractivity contribution in [3.8, 4) is 17.6 Å². The summed E-state index contributed by atoms with van der Waals surface area (Å²) in [7, 11) is 0.153. The molecule has 1 aliphatic carbocycles. The monoisotopic (exact) mass is 448 g/mol. The summed E-state index contributed by atoms with van der Waals surface area (Å²) in [4.78, 5) is 2.19. The van der Waals surface area contributed by atoms with E-state index in [4.69, 9.17) is 4.74 Å². The van der Waals surface area contributed by atoms with Gasteiger partial charge >= 0.3 is 0 Å². The molecule has 1 saturated carbocycles. The van der Waals surface area contributed by atoms with Gasteiger partial charge in [-0.1, -0.05) is 38.0 Å². The Morgan fingerprint density at radius 3 is 2.61 bits per heavy atom. The van der Waals surface area contributed by atoms with Crippen LogP contribution in [0.1, 0.15) is 51.5 Å². The van der Waals surface area contributed by atoms with Gasteiger partial charge < -0.3 is 14.7 Å². The lowest BCUT2D eigenvalue weighted by Crippen LogP contribution is -2.49. The molecule has 3 atom stereocenters. The first kappa shape index (κ1) is 24.1. The molecule has 3 rings (SSSR count). The van der Waals surface area contributed by atoms with E-state index in [1.165, 1.54) is 23.6 Å². The minimum Gasteiger partial charge on any atom is -0.487 e. The smallest absolute Gasteiger partial charge is 0.247 e. The van der Waals surface area contributed by atoms with Crippen molar-refractivity contribution in [2.75, 3.05) is 33.8 Å². The fraction of sp³-hybridized carbons (Fsp3) is 0.667. The van der Waals surface area contributed by atoms with Crippen LogP contribution in [0, 0.1) is 23.7 Å². The molecule has 172 valence electrons. The van der Waals surface area contributed by atoms with Crippen LogP contribution in [0.25, 0.3) is 0 Å². The number of likely N-dealkylation sites (N-methyl/N-ethyl adjacent to an activating group) is 1. The molecular formula is C24H36N2O4S. The Bertz CT molecular complexity index is 913. The number of aliphatic hydroxyl groups is 1. The van der Waals surface area contributed by atoms with Crippen LogP contribution in [0.4, 0.5) is 0 Å². The van der Waals surface area contributed by atoms with Crippen molar-refractivity contribution in [2.24, 2.45) is 11.8 Å². The highest BCUT2D eigenvalue weighted by Crippen LogP contribution is 2.34. The molecule has 31 heavy (non-hydrogen) atoms. The van der Waals surface area contributed by atoms with E-state index in [1.54, 1.807) is 25.1 Å². The largest absolute Gasteiger partial charge is 0.487 e. The van der Waals surface area contributed by atoms with Gasteiger partial charge in [-0.15, -0.1) is 0 Å². The second-order valence-electron chi connectivity index (χ2n) is 9.27. The van der Waals surface area contributed by atoms with Crippen molar-refractivity contribution >= 4 is 10.0 Å². The average Bonchev–Trinajstić information content (AvgIpc) is 2.74. The van der Waals surface area contributed by atoms with Crippen LogP contribution in [-0.2, 0) is 10.0 Å². The maximum Gasteiger partial charge on any atom is 0.247 e. The Morgan fingerprint density at radius 2 is 1.97 bits per heavy atom. The molecular weight excluding hydrogens is 412 g/mol. The van der Waals surface area contributed by atoms with E-state index in [0.29, 0.717) is 24.8 Å². The Hall–Kier alpha value is -1.59. The predicted octanol–water partition coefficient (Wildman–Crippen LogP) is 2.95. The van der Waals surface area contributed by atoms with E-state index in [9.17, 15) is 13.5 Å². The number of hydrogen-bond donors (Lipinski definition) is 1. The van der Waals surface area contributed by atoms with Gasteiger partial charge in [-0.25, -0.2) is 8.42 Å². The minimum atomic E-state index is -3.80. The van der Waals surface area contributed by atoms with Crippen LogP contribution in [0.5, 0.6) is 5.75 Å². The Balaban J connectivity index is 2.01. The summed E-state index contributed by atoms with van der Waals surface area (Å²) in [5, 5.41) is 9.70. The highest BCUT2D eigenvalue weighted by molar-refractivity contribution is 7.89. The lowest BCUT2D eigenvalue weighted by atomic mass is 9.90. The normalized spacial score (nSPS) is 25.5. The second kappa shape index (κ2) is 10.4. The van der Waals surface area contributed by atoms with E-state index in [-0.39, 0.29) is 23.5 Å². The number of fused-ring (bicyclic) bond motifs is 1. The molecule has 6 nitrogen and oxygen atoms in total. The van der Waals surface area contributed by atoms with Crippen LogP contribution in [0.2, 0.25) is 0 Å². The third-order valence-electron chi connectivity index (χ3n) is 6.24. The first-order valence-corrected chi connectivity index (χ1v) is 12.8. The van der Waals surface area contributed by atoms with Crippen molar-refractivity contribution in [3.63, 3.8) is 0 Å². The maximum atomic E-state index is 13.5. The number of rotatable bonds is 4.